The van der Waals surface area contributed by atoms with Crippen LogP contribution in [-0.4, -0.2) is 41.5 Å². The highest BCUT2D eigenvalue weighted by Crippen LogP contribution is 2.27. The van der Waals surface area contributed by atoms with Gasteiger partial charge in [-0.25, -0.2) is 4.98 Å². The number of hydrogen-bond donors (Lipinski definition) is 0. The van der Waals surface area contributed by atoms with Crippen molar-refractivity contribution in [3.05, 3.63) is 23.4 Å². The standard InChI is InChI=1S/C18H25N3O/c22-18-8-4-12-21(18)15-6-3-11-20(13-15)17-10-9-14-5-1-2-7-16(14)19-17/h9-10,15H,1-8,11-13H2. The molecule has 3 heterocycles. The smallest absolute Gasteiger partial charge is 0.222 e. The van der Waals surface area contributed by atoms with Crippen LogP contribution in [0.3, 0.4) is 0 Å². The normalized spacial score (nSPS) is 25.5. The van der Waals surface area contributed by atoms with Gasteiger partial charge in [0.25, 0.3) is 0 Å². The average Bonchev–Trinajstić information content (AvgIpc) is 3.00. The van der Waals surface area contributed by atoms with E-state index in [9.17, 15) is 4.79 Å². The lowest BCUT2D eigenvalue weighted by atomic mass is 9.96. The van der Waals surface area contributed by atoms with Crippen molar-refractivity contribution in [3.63, 3.8) is 0 Å². The molecule has 3 aliphatic rings. The maximum absolute atomic E-state index is 12.0. The average molecular weight is 299 g/mol. The molecular weight excluding hydrogens is 274 g/mol. The van der Waals surface area contributed by atoms with Crippen molar-refractivity contribution in [2.24, 2.45) is 0 Å². The van der Waals surface area contributed by atoms with E-state index < -0.39 is 0 Å². The van der Waals surface area contributed by atoms with Gasteiger partial charge in [0, 0.05) is 37.8 Å². The van der Waals surface area contributed by atoms with Crippen LogP contribution >= 0.6 is 0 Å². The Labute approximate surface area is 132 Å². The zero-order valence-corrected chi connectivity index (χ0v) is 13.3. The van der Waals surface area contributed by atoms with Crippen LogP contribution in [0.5, 0.6) is 0 Å². The van der Waals surface area contributed by atoms with Crippen LogP contribution in [0, 0.1) is 0 Å². The van der Waals surface area contributed by atoms with Gasteiger partial charge in [-0.2, -0.15) is 0 Å². The summed E-state index contributed by atoms with van der Waals surface area (Å²) in [5, 5.41) is 0. The Balaban J connectivity index is 1.51. The molecule has 118 valence electrons. The SMILES string of the molecule is O=C1CCCN1C1CCCN(c2ccc3c(n2)CCCC3)C1. The maximum atomic E-state index is 12.0. The fourth-order valence-corrected chi connectivity index (χ4v) is 4.22. The quantitative estimate of drug-likeness (QED) is 0.842. The summed E-state index contributed by atoms with van der Waals surface area (Å²) in [6, 6.07) is 4.86. The molecule has 1 aromatic heterocycles. The first kappa shape index (κ1) is 14.0. The van der Waals surface area contributed by atoms with Gasteiger partial charge in [0.15, 0.2) is 0 Å². The number of pyridine rings is 1. The van der Waals surface area contributed by atoms with E-state index in [1.807, 2.05) is 0 Å². The minimum absolute atomic E-state index is 0.352. The van der Waals surface area contributed by atoms with Crippen LogP contribution in [0.25, 0.3) is 0 Å². The zero-order valence-electron chi connectivity index (χ0n) is 13.3. The Kier molecular flexibility index (Phi) is 3.77. The topological polar surface area (TPSA) is 36.4 Å². The van der Waals surface area contributed by atoms with Gasteiger partial charge in [-0.05, 0) is 56.6 Å². The van der Waals surface area contributed by atoms with Gasteiger partial charge in [0.1, 0.15) is 5.82 Å². The molecule has 2 aliphatic heterocycles. The molecule has 4 rings (SSSR count). The predicted molar refractivity (Wildman–Crippen MR) is 87.1 cm³/mol. The van der Waals surface area contributed by atoms with E-state index in [1.165, 1.54) is 30.5 Å². The third-order valence-corrected chi connectivity index (χ3v) is 5.43. The van der Waals surface area contributed by atoms with Crippen LogP contribution in [0.15, 0.2) is 12.1 Å². The molecule has 0 spiro atoms. The monoisotopic (exact) mass is 299 g/mol. The number of likely N-dealkylation sites (tertiary alicyclic amines) is 1. The third-order valence-electron chi connectivity index (χ3n) is 5.43. The number of amides is 1. The summed E-state index contributed by atoms with van der Waals surface area (Å²) < 4.78 is 0. The van der Waals surface area contributed by atoms with E-state index >= 15 is 0 Å². The van der Waals surface area contributed by atoms with E-state index in [0.29, 0.717) is 11.9 Å². The van der Waals surface area contributed by atoms with Crippen molar-refractivity contribution in [2.75, 3.05) is 24.5 Å². The molecule has 1 amide bonds. The van der Waals surface area contributed by atoms with Gasteiger partial charge in [-0.3, -0.25) is 4.79 Å². The van der Waals surface area contributed by atoms with Crippen molar-refractivity contribution in [1.29, 1.82) is 0 Å². The largest absolute Gasteiger partial charge is 0.355 e. The molecule has 22 heavy (non-hydrogen) atoms. The minimum atomic E-state index is 0.352. The number of fused-ring (bicyclic) bond motifs is 1. The molecule has 1 aliphatic carbocycles. The molecule has 1 unspecified atom stereocenters. The first-order chi connectivity index (χ1) is 10.8. The van der Waals surface area contributed by atoms with Gasteiger partial charge < -0.3 is 9.80 Å². The Morgan fingerprint density at radius 3 is 2.77 bits per heavy atom. The molecule has 0 N–H and O–H groups in total. The summed E-state index contributed by atoms with van der Waals surface area (Å²) in [5.74, 6) is 1.47. The summed E-state index contributed by atoms with van der Waals surface area (Å²) >= 11 is 0. The molecule has 1 atom stereocenters. The number of carbonyl (C=O) groups is 1. The van der Waals surface area contributed by atoms with E-state index in [0.717, 1.165) is 57.6 Å². The van der Waals surface area contributed by atoms with Crippen molar-refractivity contribution in [1.82, 2.24) is 9.88 Å². The highest BCUT2D eigenvalue weighted by Gasteiger charge is 2.31. The number of aryl methyl sites for hydroxylation is 2. The highest BCUT2D eigenvalue weighted by molar-refractivity contribution is 5.78. The van der Waals surface area contributed by atoms with E-state index in [-0.39, 0.29) is 0 Å². The first-order valence-corrected chi connectivity index (χ1v) is 8.84. The van der Waals surface area contributed by atoms with Crippen LogP contribution in [0.4, 0.5) is 5.82 Å². The number of carbonyl (C=O) groups excluding carboxylic acids is 1. The van der Waals surface area contributed by atoms with Crippen molar-refractivity contribution < 1.29 is 4.79 Å². The van der Waals surface area contributed by atoms with Crippen LogP contribution < -0.4 is 4.90 Å². The summed E-state index contributed by atoms with van der Waals surface area (Å²) in [6.45, 7) is 2.98. The molecule has 2 fully saturated rings. The Hall–Kier alpha value is -1.58. The summed E-state index contributed by atoms with van der Waals surface area (Å²) in [7, 11) is 0. The first-order valence-electron chi connectivity index (χ1n) is 8.84. The van der Waals surface area contributed by atoms with Crippen LogP contribution in [0.1, 0.15) is 49.8 Å². The maximum Gasteiger partial charge on any atom is 0.222 e. The lowest BCUT2D eigenvalue weighted by Crippen LogP contribution is -2.48. The lowest BCUT2D eigenvalue weighted by Gasteiger charge is -2.38. The van der Waals surface area contributed by atoms with Crippen molar-refractivity contribution >= 4 is 11.7 Å². The highest BCUT2D eigenvalue weighted by atomic mass is 16.2. The van der Waals surface area contributed by atoms with Gasteiger partial charge >= 0.3 is 0 Å². The second kappa shape index (κ2) is 5.90. The fourth-order valence-electron chi connectivity index (χ4n) is 4.22. The van der Waals surface area contributed by atoms with Crippen molar-refractivity contribution in [3.8, 4) is 0 Å². The molecule has 4 nitrogen and oxygen atoms in total. The fraction of sp³-hybridized carbons (Fsp3) is 0.667. The van der Waals surface area contributed by atoms with E-state index in [2.05, 4.69) is 21.9 Å². The summed E-state index contributed by atoms with van der Waals surface area (Å²) in [5.41, 5.74) is 2.75. The summed E-state index contributed by atoms with van der Waals surface area (Å²) in [6.07, 6.45) is 8.98. The second-order valence-electron chi connectivity index (χ2n) is 6.92. The number of aromatic nitrogens is 1. The predicted octanol–water partition coefficient (Wildman–Crippen LogP) is 2.55. The van der Waals surface area contributed by atoms with Gasteiger partial charge in [0.2, 0.25) is 5.91 Å². The van der Waals surface area contributed by atoms with Gasteiger partial charge in [-0.1, -0.05) is 6.07 Å². The molecule has 0 saturated carbocycles. The van der Waals surface area contributed by atoms with E-state index in [4.69, 9.17) is 4.98 Å². The number of rotatable bonds is 2. The molecule has 2 saturated heterocycles. The molecule has 0 aromatic carbocycles. The molecule has 1 aromatic rings. The van der Waals surface area contributed by atoms with Crippen LogP contribution in [-0.2, 0) is 17.6 Å². The summed E-state index contributed by atoms with van der Waals surface area (Å²) in [4.78, 5) is 21.5. The number of piperidine rings is 1. The Morgan fingerprint density at radius 2 is 1.91 bits per heavy atom. The number of anilines is 1. The van der Waals surface area contributed by atoms with Gasteiger partial charge in [0.05, 0.1) is 0 Å². The molecule has 0 bridgehead atoms. The molecular formula is C18H25N3O. The minimum Gasteiger partial charge on any atom is -0.355 e. The van der Waals surface area contributed by atoms with E-state index in [1.54, 1.807) is 0 Å². The molecule has 4 heteroatoms. The zero-order chi connectivity index (χ0) is 14.9. The van der Waals surface area contributed by atoms with Crippen LogP contribution in [0.2, 0.25) is 0 Å². The number of nitrogens with zero attached hydrogens (tertiary/aromatic N) is 3. The molecule has 0 radical (unpaired) electrons. The Morgan fingerprint density at radius 1 is 1.00 bits per heavy atom. The second-order valence-corrected chi connectivity index (χ2v) is 6.92. The third kappa shape index (κ3) is 2.59. The van der Waals surface area contributed by atoms with Crippen molar-refractivity contribution in [2.45, 2.75) is 57.4 Å². The van der Waals surface area contributed by atoms with Gasteiger partial charge in [-0.15, -0.1) is 0 Å². The Bertz CT molecular complexity index is 571. The number of hydrogen-bond acceptors (Lipinski definition) is 3. The lowest BCUT2D eigenvalue weighted by molar-refractivity contribution is -0.129.